The highest BCUT2D eigenvalue weighted by Gasteiger charge is 2.19. The minimum atomic E-state index is -0.240. The maximum atomic E-state index is 12.8. The lowest BCUT2D eigenvalue weighted by molar-refractivity contribution is -0.111. The quantitative estimate of drug-likeness (QED) is 0.284. The van der Waals surface area contributed by atoms with Crippen molar-refractivity contribution in [2.75, 3.05) is 26.1 Å². The van der Waals surface area contributed by atoms with Crippen molar-refractivity contribution in [2.24, 2.45) is 0 Å². The van der Waals surface area contributed by atoms with Gasteiger partial charge in [-0.3, -0.25) is 4.79 Å². The number of carbonyl (C=O) groups is 1. The van der Waals surface area contributed by atoms with E-state index in [0.29, 0.717) is 23.8 Å². The Kier molecular flexibility index (Phi) is 7.11. The normalized spacial score (nSPS) is 11.4. The van der Waals surface area contributed by atoms with Crippen LogP contribution in [0.4, 0.5) is 5.69 Å². The van der Waals surface area contributed by atoms with Crippen LogP contribution in [0, 0.1) is 6.92 Å². The van der Waals surface area contributed by atoms with Crippen LogP contribution < -0.4 is 19.5 Å². The third-order valence-corrected chi connectivity index (χ3v) is 5.82. The van der Waals surface area contributed by atoms with Crippen molar-refractivity contribution in [1.82, 2.24) is 0 Å². The fourth-order valence-corrected chi connectivity index (χ4v) is 4.11. The first-order chi connectivity index (χ1) is 16.9. The smallest absolute Gasteiger partial charge is 0.248 e. The summed E-state index contributed by atoms with van der Waals surface area (Å²) in [5.41, 5.74) is 5.83. The lowest BCUT2D eigenvalue weighted by Gasteiger charge is -2.15. The van der Waals surface area contributed by atoms with Crippen molar-refractivity contribution in [3.8, 4) is 28.4 Å². The summed E-state index contributed by atoms with van der Waals surface area (Å²) >= 11 is 0. The first kappa shape index (κ1) is 24.0. The highest BCUT2D eigenvalue weighted by molar-refractivity contribution is 6.06. The number of fused-ring (bicyclic) bond motifs is 1. The average Bonchev–Trinajstić information content (AvgIpc) is 3.30. The summed E-state index contributed by atoms with van der Waals surface area (Å²) in [6, 6.07) is 17.1. The van der Waals surface area contributed by atoms with Crippen LogP contribution in [-0.4, -0.2) is 26.7 Å². The molecule has 0 aliphatic carbocycles. The molecule has 1 amide bonds. The van der Waals surface area contributed by atoms with E-state index in [9.17, 15) is 4.79 Å². The van der Waals surface area contributed by atoms with Gasteiger partial charge in [-0.25, -0.2) is 0 Å². The molecule has 6 heteroatoms. The van der Waals surface area contributed by atoms with Gasteiger partial charge in [-0.2, -0.15) is 0 Å². The summed E-state index contributed by atoms with van der Waals surface area (Å²) in [5, 5.41) is 3.84. The van der Waals surface area contributed by atoms with Gasteiger partial charge in [-0.1, -0.05) is 18.2 Å². The van der Waals surface area contributed by atoms with Crippen LogP contribution >= 0.6 is 0 Å². The van der Waals surface area contributed by atoms with E-state index in [1.807, 2.05) is 69.3 Å². The van der Waals surface area contributed by atoms with Crippen molar-refractivity contribution in [2.45, 2.75) is 20.8 Å². The number of benzene rings is 3. The number of aryl methyl sites for hydroxylation is 1. The van der Waals surface area contributed by atoms with Crippen LogP contribution in [0.2, 0.25) is 0 Å². The number of ether oxygens (including phenoxy) is 3. The lowest BCUT2D eigenvalue weighted by atomic mass is 9.96. The monoisotopic (exact) mass is 471 g/mol. The molecule has 4 aromatic rings. The molecule has 0 aliphatic heterocycles. The van der Waals surface area contributed by atoms with Crippen molar-refractivity contribution >= 4 is 28.1 Å². The van der Waals surface area contributed by atoms with Crippen molar-refractivity contribution < 1.29 is 23.4 Å². The maximum Gasteiger partial charge on any atom is 0.248 e. The second-order valence-electron chi connectivity index (χ2n) is 8.12. The van der Waals surface area contributed by atoms with Gasteiger partial charge in [0, 0.05) is 39.9 Å². The Hall–Kier alpha value is -4.19. The number of rotatable bonds is 8. The van der Waals surface area contributed by atoms with Gasteiger partial charge in [0.1, 0.15) is 22.8 Å². The topological polar surface area (TPSA) is 69.9 Å². The van der Waals surface area contributed by atoms with E-state index in [-0.39, 0.29) is 5.91 Å². The summed E-state index contributed by atoms with van der Waals surface area (Å²) in [4.78, 5) is 12.8. The molecule has 0 fully saturated rings. The fraction of sp³-hybridized carbons (Fsp3) is 0.207. The van der Waals surface area contributed by atoms with E-state index in [2.05, 4.69) is 5.32 Å². The van der Waals surface area contributed by atoms with Crippen LogP contribution in [0.3, 0.4) is 0 Å². The van der Waals surface area contributed by atoms with Crippen molar-refractivity contribution in [1.29, 1.82) is 0 Å². The Morgan fingerprint density at radius 3 is 2.46 bits per heavy atom. The molecule has 0 bridgehead atoms. The fourth-order valence-electron chi connectivity index (χ4n) is 4.11. The summed E-state index contributed by atoms with van der Waals surface area (Å²) < 4.78 is 22.6. The van der Waals surface area contributed by atoms with E-state index in [1.54, 1.807) is 32.6 Å². The molecule has 1 aromatic heterocycles. The van der Waals surface area contributed by atoms with Gasteiger partial charge in [0.15, 0.2) is 0 Å². The van der Waals surface area contributed by atoms with Gasteiger partial charge in [0.05, 0.1) is 27.1 Å². The number of nitrogens with one attached hydrogen (secondary N) is 1. The third-order valence-electron chi connectivity index (χ3n) is 5.82. The molecule has 1 N–H and O–H groups in total. The van der Waals surface area contributed by atoms with Gasteiger partial charge in [0.2, 0.25) is 5.91 Å². The Morgan fingerprint density at radius 1 is 1.03 bits per heavy atom. The molecule has 6 nitrogen and oxygen atoms in total. The summed E-state index contributed by atoms with van der Waals surface area (Å²) in [7, 11) is 3.24. The highest BCUT2D eigenvalue weighted by Crippen LogP contribution is 2.41. The van der Waals surface area contributed by atoms with E-state index < -0.39 is 0 Å². The Balaban J connectivity index is 1.77. The standard InChI is InChI=1S/C29H29NO5/c1-6-34-28-19(3)29-25(26(17-35-29)20-9-7-11-22(14-20)32-4)16-24(28)18(2)13-27(31)30-21-10-8-12-23(15-21)33-5/h7-17H,6H2,1-5H3,(H,30,31)/b18-13+. The zero-order valence-electron chi connectivity index (χ0n) is 20.6. The molecular weight excluding hydrogens is 442 g/mol. The summed E-state index contributed by atoms with van der Waals surface area (Å²) in [5.74, 6) is 1.91. The van der Waals surface area contributed by atoms with Gasteiger partial charge < -0.3 is 23.9 Å². The highest BCUT2D eigenvalue weighted by atomic mass is 16.5. The van der Waals surface area contributed by atoms with Gasteiger partial charge in [-0.05, 0) is 62.2 Å². The molecule has 180 valence electrons. The molecule has 1 heterocycles. The minimum absolute atomic E-state index is 0.240. The second kappa shape index (κ2) is 10.4. The molecule has 0 unspecified atom stereocenters. The number of methoxy groups -OCH3 is 2. The van der Waals surface area contributed by atoms with Crippen LogP contribution in [0.15, 0.2) is 71.4 Å². The molecule has 0 saturated heterocycles. The van der Waals surface area contributed by atoms with E-state index >= 15 is 0 Å². The van der Waals surface area contributed by atoms with Crippen LogP contribution in [0.5, 0.6) is 17.2 Å². The van der Waals surface area contributed by atoms with Crippen LogP contribution in [0.1, 0.15) is 25.0 Å². The SMILES string of the molecule is CCOc1c(/C(C)=C/C(=O)Nc2cccc(OC)c2)cc2c(-c3cccc(OC)c3)coc2c1C. The van der Waals surface area contributed by atoms with Crippen molar-refractivity contribution in [3.05, 3.63) is 78.1 Å². The first-order valence-corrected chi connectivity index (χ1v) is 11.4. The lowest BCUT2D eigenvalue weighted by Crippen LogP contribution is -2.09. The zero-order valence-corrected chi connectivity index (χ0v) is 20.6. The second-order valence-corrected chi connectivity index (χ2v) is 8.12. The molecule has 0 atom stereocenters. The Bertz CT molecular complexity index is 1400. The molecule has 0 saturated carbocycles. The predicted octanol–water partition coefficient (Wildman–Crippen LogP) is 6.87. The van der Waals surface area contributed by atoms with Crippen molar-refractivity contribution in [3.63, 3.8) is 0 Å². The summed E-state index contributed by atoms with van der Waals surface area (Å²) in [6.45, 7) is 6.30. The number of carbonyl (C=O) groups excluding carboxylic acids is 1. The molecule has 0 aliphatic rings. The number of hydrogen-bond donors (Lipinski definition) is 1. The molecule has 4 rings (SSSR count). The average molecular weight is 472 g/mol. The molecule has 0 radical (unpaired) electrons. The zero-order chi connectivity index (χ0) is 24.9. The van der Waals surface area contributed by atoms with Crippen LogP contribution in [0.25, 0.3) is 27.7 Å². The number of allylic oxidation sites excluding steroid dienone is 1. The molecule has 0 spiro atoms. The minimum Gasteiger partial charge on any atom is -0.497 e. The summed E-state index contributed by atoms with van der Waals surface area (Å²) in [6.07, 6.45) is 3.33. The van der Waals surface area contributed by atoms with E-state index in [4.69, 9.17) is 18.6 Å². The molecule has 35 heavy (non-hydrogen) atoms. The molecule has 3 aromatic carbocycles. The maximum absolute atomic E-state index is 12.8. The largest absolute Gasteiger partial charge is 0.497 e. The van der Waals surface area contributed by atoms with E-state index in [0.717, 1.165) is 44.5 Å². The number of furan rings is 1. The Labute approximate surface area is 205 Å². The van der Waals surface area contributed by atoms with Crippen LogP contribution in [-0.2, 0) is 4.79 Å². The molecular formula is C29H29NO5. The number of amides is 1. The number of anilines is 1. The van der Waals surface area contributed by atoms with Gasteiger partial charge >= 0.3 is 0 Å². The first-order valence-electron chi connectivity index (χ1n) is 11.4. The third kappa shape index (κ3) is 5.01. The Morgan fingerprint density at radius 2 is 1.74 bits per heavy atom. The number of hydrogen-bond acceptors (Lipinski definition) is 5. The van der Waals surface area contributed by atoms with E-state index in [1.165, 1.54) is 0 Å². The van der Waals surface area contributed by atoms with Gasteiger partial charge in [0.25, 0.3) is 0 Å². The predicted molar refractivity (Wildman–Crippen MR) is 139 cm³/mol. The van der Waals surface area contributed by atoms with Gasteiger partial charge in [-0.15, -0.1) is 0 Å².